The number of carbonyl (C=O) groups excluding carboxylic acids is 1. The first kappa shape index (κ1) is 22.6. The smallest absolute Gasteiger partial charge is 0.335 e. The average molecular weight is 389 g/mol. The van der Waals surface area contributed by atoms with Gasteiger partial charge in [-0.1, -0.05) is 38.0 Å². The molecule has 0 aliphatic heterocycles. The number of unbranched alkanes of at least 4 members (excludes halogenated alkanes) is 2. The highest BCUT2D eigenvalue weighted by Crippen LogP contribution is 2.16. The Kier molecular flexibility index (Phi) is 10.7. The van der Waals surface area contributed by atoms with Crippen LogP contribution in [0.15, 0.2) is 48.5 Å². The lowest BCUT2D eigenvalue weighted by Gasteiger charge is -2.09. The van der Waals surface area contributed by atoms with Crippen LogP contribution in [0.25, 0.3) is 0 Å². The summed E-state index contributed by atoms with van der Waals surface area (Å²) in [6.45, 7) is 5.04. The van der Waals surface area contributed by atoms with Gasteiger partial charge in [0.05, 0.1) is 11.4 Å². The van der Waals surface area contributed by atoms with E-state index in [0.29, 0.717) is 17.0 Å². The van der Waals surface area contributed by atoms with Crippen molar-refractivity contribution in [2.45, 2.75) is 33.1 Å². The molecule has 0 saturated heterocycles. The molecule has 5 nitrogen and oxygen atoms in total. The van der Waals surface area contributed by atoms with Gasteiger partial charge in [-0.25, -0.2) is 4.79 Å². The van der Waals surface area contributed by atoms with E-state index in [4.69, 9.17) is 5.11 Å². The van der Waals surface area contributed by atoms with E-state index in [0.717, 1.165) is 24.2 Å². The quantitative estimate of drug-likeness (QED) is 0.303. The minimum absolute atomic E-state index is 0.0828. The largest absolute Gasteiger partial charge is 0.478 e. The van der Waals surface area contributed by atoms with Crippen LogP contribution in [0.2, 0.25) is 0 Å². The molecule has 2 aromatic carbocycles. The standard InChI is InChI=1S/C13H19NO2.C8H9NOS/c1-3-4-5-8-14-12-7-6-11(13(15)16)9-10(12)2;10-8(9-6-11)7-4-2-1-3-5-7/h6-7,9,14H,3-5,8H2,1-2H3,(H,15,16);1-5,11H,6H2,(H,9,10). The number of carboxylic acids is 1. The zero-order valence-corrected chi connectivity index (χ0v) is 16.8. The highest BCUT2D eigenvalue weighted by atomic mass is 32.1. The van der Waals surface area contributed by atoms with Gasteiger partial charge >= 0.3 is 5.97 Å². The maximum Gasteiger partial charge on any atom is 0.335 e. The molecule has 0 atom stereocenters. The summed E-state index contributed by atoms with van der Waals surface area (Å²) in [6.07, 6.45) is 3.58. The van der Waals surface area contributed by atoms with Crippen LogP contribution in [0.3, 0.4) is 0 Å². The predicted octanol–water partition coefficient (Wildman–Crippen LogP) is 4.60. The maximum atomic E-state index is 11.1. The second kappa shape index (κ2) is 12.8. The average Bonchev–Trinajstić information content (AvgIpc) is 2.67. The number of anilines is 1. The Hall–Kier alpha value is -2.47. The second-order valence-electron chi connectivity index (χ2n) is 6.00. The molecule has 27 heavy (non-hydrogen) atoms. The highest BCUT2D eigenvalue weighted by Gasteiger charge is 2.04. The van der Waals surface area contributed by atoms with Crippen LogP contribution < -0.4 is 10.6 Å². The molecule has 2 rings (SSSR count). The molecule has 0 spiro atoms. The Balaban J connectivity index is 0.000000289. The summed E-state index contributed by atoms with van der Waals surface area (Å²) in [5.74, 6) is -0.588. The van der Waals surface area contributed by atoms with Gasteiger partial charge in [0.15, 0.2) is 0 Å². The molecule has 0 aliphatic rings. The van der Waals surface area contributed by atoms with Crippen LogP contribution in [0, 0.1) is 6.92 Å². The number of benzene rings is 2. The second-order valence-corrected chi connectivity index (χ2v) is 6.32. The van der Waals surface area contributed by atoms with E-state index >= 15 is 0 Å². The Bertz CT molecular complexity index is 721. The van der Waals surface area contributed by atoms with Crippen LogP contribution in [0.1, 0.15) is 52.5 Å². The topological polar surface area (TPSA) is 78.4 Å². The van der Waals surface area contributed by atoms with Gasteiger partial charge in [0.1, 0.15) is 0 Å². The van der Waals surface area contributed by atoms with E-state index in [1.807, 2.05) is 31.2 Å². The minimum Gasteiger partial charge on any atom is -0.478 e. The molecule has 1 amide bonds. The molecule has 2 aromatic rings. The molecule has 0 radical (unpaired) electrons. The molecule has 0 fully saturated rings. The summed E-state index contributed by atoms with van der Waals surface area (Å²) in [6, 6.07) is 14.2. The van der Waals surface area contributed by atoms with E-state index in [9.17, 15) is 9.59 Å². The fourth-order valence-corrected chi connectivity index (χ4v) is 2.50. The molecule has 0 unspecified atom stereocenters. The van der Waals surface area contributed by atoms with E-state index < -0.39 is 5.97 Å². The molecule has 3 N–H and O–H groups in total. The van der Waals surface area contributed by atoms with Crippen molar-refractivity contribution in [1.29, 1.82) is 0 Å². The van der Waals surface area contributed by atoms with Crippen LogP contribution in [0.5, 0.6) is 0 Å². The zero-order chi connectivity index (χ0) is 20.1. The number of thiol groups is 1. The normalized spacial score (nSPS) is 9.74. The monoisotopic (exact) mass is 388 g/mol. The fourth-order valence-electron chi connectivity index (χ4n) is 2.36. The molecule has 0 aromatic heterocycles. The van der Waals surface area contributed by atoms with Gasteiger partial charge in [-0.2, -0.15) is 12.6 Å². The zero-order valence-electron chi connectivity index (χ0n) is 15.9. The van der Waals surface area contributed by atoms with Crippen LogP contribution in [-0.2, 0) is 0 Å². The van der Waals surface area contributed by atoms with Crippen molar-refractivity contribution in [3.63, 3.8) is 0 Å². The number of aromatic carboxylic acids is 1. The lowest BCUT2D eigenvalue weighted by molar-refractivity contribution is 0.0696. The summed E-state index contributed by atoms with van der Waals surface area (Å²) < 4.78 is 0. The Morgan fingerprint density at radius 3 is 2.30 bits per heavy atom. The van der Waals surface area contributed by atoms with Crippen molar-refractivity contribution in [3.05, 3.63) is 65.2 Å². The molecular weight excluding hydrogens is 360 g/mol. The third-order valence-electron chi connectivity index (χ3n) is 3.84. The van der Waals surface area contributed by atoms with Crippen molar-refractivity contribution in [2.24, 2.45) is 0 Å². The summed E-state index contributed by atoms with van der Waals surface area (Å²) >= 11 is 3.88. The Morgan fingerprint density at radius 2 is 1.74 bits per heavy atom. The molecule has 0 saturated carbocycles. The van der Waals surface area contributed by atoms with E-state index in [-0.39, 0.29) is 5.91 Å². The SMILES string of the molecule is CCCCCNc1ccc(C(=O)O)cc1C.O=C(NCS)c1ccccc1. The number of nitrogens with one attached hydrogen (secondary N) is 2. The maximum absolute atomic E-state index is 11.1. The van der Waals surface area contributed by atoms with Gasteiger partial charge in [0.25, 0.3) is 5.91 Å². The van der Waals surface area contributed by atoms with Crippen LogP contribution in [-0.4, -0.2) is 29.4 Å². The van der Waals surface area contributed by atoms with Gasteiger partial charge in [-0.3, -0.25) is 4.79 Å². The number of hydrogen-bond donors (Lipinski definition) is 4. The summed E-state index contributed by atoms with van der Waals surface area (Å²) in [5.41, 5.74) is 3.02. The lowest BCUT2D eigenvalue weighted by atomic mass is 10.1. The Labute approximate surface area is 166 Å². The molecule has 0 heterocycles. The lowest BCUT2D eigenvalue weighted by Crippen LogP contribution is -2.21. The van der Waals surface area contributed by atoms with Gasteiger partial charge in [0.2, 0.25) is 0 Å². The fraction of sp³-hybridized carbons (Fsp3) is 0.333. The number of amides is 1. The molecule has 0 aliphatic carbocycles. The summed E-state index contributed by atoms with van der Waals surface area (Å²) in [4.78, 5) is 21.8. The highest BCUT2D eigenvalue weighted by molar-refractivity contribution is 7.80. The van der Waals surface area contributed by atoms with Gasteiger partial charge in [-0.05, 0) is 49.2 Å². The van der Waals surface area contributed by atoms with E-state index in [1.165, 1.54) is 12.8 Å². The third-order valence-corrected chi connectivity index (χ3v) is 4.00. The molecule has 6 heteroatoms. The van der Waals surface area contributed by atoms with Gasteiger partial charge in [0, 0.05) is 17.8 Å². The Morgan fingerprint density at radius 1 is 1.04 bits per heavy atom. The number of carboxylic acid groups (broad SMARTS) is 1. The van der Waals surface area contributed by atoms with E-state index in [1.54, 1.807) is 24.3 Å². The minimum atomic E-state index is -0.874. The van der Waals surface area contributed by atoms with Crippen LogP contribution >= 0.6 is 12.6 Å². The van der Waals surface area contributed by atoms with E-state index in [2.05, 4.69) is 30.2 Å². The van der Waals surface area contributed by atoms with Crippen LogP contribution in [0.4, 0.5) is 5.69 Å². The third kappa shape index (κ3) is 8.64. The predicted molar refractivity (Wildman–Crippen MR) is 114 cm³/mol. The number of rotatable bonds is 8. The molecule has 0 bridgehead atoms. The molecular formula is C21H28N2O3S. The van der Waals surface area contributed by atoms with Crippen molar-refractivity contribution in [1.82, 2.24) is 5.32 Å². The van der Waals surface area contributed by atoms with Crippen molar-refractivity contribution >= 4 is 30.2 Å². The summed E-state index contributed by atoms with van der Waals surface area (Å²) in [7, 11) is 0. The van der Waals surface area contributed by atoms with Crippen molar-refractivity contribution in [3.8, 4) is 0 Å². The summed E-state index contributed by atoms with van der Waals surface area (Å²) in [5, 5.41) is 14.7. The first-order valence-corrected chi connectivity index (χ1v) is 9.64. The van der Waals surface area contributed by atoms with Gasteiger partial charge in [-0.15, -0.1) is 0 Å². The number of carbonyl (C=O) groups is 2. The first-order chi connectivity index (χ1) is 13.0. The number of hydrogen-bond acceptors (Lipinski definition) is 4. The van der Waals surface area contributed by atoms with Crippen molar-refractivity contribution in [2.75, 3.05) is 17.7 Å². The number of aryl methyl sites for hydroxylation is 1. The van der Waals surface area contributed by atoms with Crippen molar-refractivity contribution < 1.29 is 14.7 Å². The first-order valence-electron chi connectivity index (χ1n) is 9.01. The van der Waals surface area contributed by atoms with Gasteiger partial charge < -0.3 is 15.7 Å². The molecule has 146 valence electrons.